The second-order valence-corrected chi connectivity index (χ2v) is 9.65. The molecule has 1 saturated carbocycles. The molecule has 34 heavy (non-hydrogen) atoms. The number of aromatic nitrogens is 1. The van der Waals surface area contributed by atoms with Crippen LogP contribution in [0.2, 0.25) is 5.02 Å². The minimum absolute atomic E-state index is 0.117. The highest BCUT2D eigenvalue weighted by Crippen LogP contribution is 2.37. The third kappa shape index (κ3) is 5.00. The lowest BCUT2D eigenvalue weighted by Gasteiger charge is -2.35. The fourth-order valence-electron chi connectivity index (χ4n) is 3.93. The van der Waals surface area contributed by atoms with Gasteiger partial charge in [-0.1, -0.05) is 29.5 Å². The van der Waals surface area contributed by atoms with Gasteiger partial charge in [0.1, 0.15) is 17.9 Å². The zero-order chi connectivity index (χ0) is 23.7. The first-order valence-electron chi connectivity index (χ1n) is 11.0. The number of ether oxygens (including phenoxy) is 1. The number of carbonyl (C=O) groups is 1. The number of nitrogens with zero attached hydrogens (tertiary/aromatic N) is 3. The fourth-order valence-corrected chi connectivity index (χ4v) is 4.79. The average Bonchev–Trinajstić information content (AvgIpc) is 3.48. The van der Waals surface area contributed by atoms with Gasteiger partial charge in [-0.3, -0.25) is 14.7 Å². The highest BCUT2D eigenvalue weighted by atomic mass is 35.5. The van der Waals surface area contributed by atoms with Gasteiger partial charge in [-0.05, 0) is 25.0 Å². The fraction of sp³-hybridized carbons (Fsp3) is 0.375. The molecule has 176 valence electrons. The van der Waals surface area contributed by atoms with Crippen molar-refractivity contribution in [2.45, 2.75) is 24.9 Å². The number of amidine groups is 1. The van der Waals surface area contributed by atoms with Crippen molar-refractivity contribution in [2.24, 2.45) is 10.9 Å². The molecule has 0 amide bonds. The van der Waals surface area contributed by atoms with Crippen molar-refractivity contribution in [3.05, 3.63) is 62.5 Å². The van der Waals surface area contributed by atoms with Crippen LogP contribution in [0.1, 0.15) is 29.5 Å². The van der Waals surface area contributed by atoms with Crippen LogP contribution >= 0.6 is 22.9 Å². The number of carboxylic acid groups (broad SMARTS) is 1. The monoisotopic (exact) mass is 500 g/mol. The molecule has 3 aliphatic rings. The van der Waals surface area contributed by atoms with Crippen LogP contribution in [0.15, 0.2) is 46.0 Å². The Hall–Kier alpha value is -2.77. The van der Waals surface area contributed by atoms with E-state index in [4.69, 9.17) is 21.3 Å². The van der Waals surface area contributed by atoms with Crippen molar-refractivity contribution in [1.29, 1.82) is 0 Å². The minimum atomic E-state index is -0.936. The van der Waals surface area contributed by atoms with Gasteiger partial charge >= 0.3 is 5.97 Å². The Kier molecular flexibility index (Phi) is 6.66. The lowest BCUT2D eigenvalue weighted by molar-refractivity contribution is -0.149. The molecular formula is C24H22ClFN4O3S. The van der Waals surface area contributed by atoms with Gasteiger partial charge in [-0.25, -0.2) is 9.37 Å². The third-order valence-electron chi connectivity index (χ3n) is 5.89. The van der Waals surface area contributed by atoms with Crippen LogP contribution < -0.4 is 5.32 Å². The molecular weight excluding hydrogens is 479 g/mol. The summed E-state index contributed by atoms with van der Waals surface area (Å²) in [6.45, 7) is 1.35. The zero-order valence-corrected chi connectivity index (χ0v) is 19.7. The van der Waals surface area contributed by atoms with Crippen molar-refractivity contribution in [2.75, 3.05) is 26.3 Å². The lowest BCUT2D eigenvalue weighted by Crippen LogP contribution is -2.52. The summed E-state index contributed by atoms with van der Waals surface area (Å²) in [5.41, 5.74) is 2.08. The quantitative estimate of drug-likeness (QED) is 0.611. The summed E-state index contributed by atoms with van der Waals surface area (Å²) in [5, 5.41) is 15.9. The van der Waals surface area contributed by atoms with Crippen LogP contribution in [0.25, 0.3) is 0 Å². The molecule has 2 N–H and O–H groups in total. The number of hydrogen-bond acceptors (Lipinski definition) is 7. The van der Waals surface area contributed by atoms with Crippen LogP contribution in [0.5, 0.6) is 0 Å². The molecule has 7 nitrogen and oxygen atoms in total. The van der Waals surface area contributed by atoms with Crippen LogP contribution in [-0.4, -0.2) is 59.1 Å². The Labute approximate surface area is 205 Å². The molecule has 2 aromatic rings. The number of benzene rings is 1. The second kappa shape index (κ2) is 9.84. The van der Waals surface area contributed by atoms with Gasteiger partial charge in [-0.2, -0.15) is 0 Å². The molecule has 0 radical (unpaired) electrons. The number of aliphatic carboxylic acids is 1. The van der Waals surface area contributed by atoms with Gasteiger partial charge in [0.15, 0.2) is 10.8 Å². The Morgan fingerprint density at radius 3 is 2.97 bits per heavy atom. The number of thiazole rings is 1. The number of halogens is 2. The molecule has 1 saturated heterocycles. The maximum absolute atomic E-state index is 13.8. The van der Waals surface area contributed by atoms with E-state index in [1.165, 1.54) is 23.5 Å². The number of hydrogen-bond donors (Lipinski definition) is 2. The summed E-state index contributed by atoms with van der Waals surface area (Å²) < 4.78 is 19.2. The number of rotatable bonds is 5. The van der Waals surface area contributed by atoms with E-state index in [0.29, 0.717) is 47.6 Å². The first-order chi connectivity index (χ1) is 16.5. The van der Waals surface area contributed by atoms with E-state index in [-0.39, 0.29) is 11.6 Å². The summed E-state index contributed by atoms with van der Waals surface area (Å²) in [7, 11) is 0. The average molecular weight is 501 g/mol. The molecule has 1 aromatic heterocycles. The molecule has 10 heteroatoms. The zero-order valence-electron chi connectivity index (χ0n) is 18.1. The van der Waals surface area contributed by atoms with E-state index >= 15 is 0 Å². The van der Waals surface area contributed by atoms with Gasteiger partial charge in [0.05, 0.1) is 18.8 Å². The summed E-state index contributed by atoms with van der Waals surface area (Å²) in [4.78, 5) is 23.0. The third-order valence-corrected chi connectivity index (χ3v) is 7.00. The summed E-state index contributed by atoms with van der Waals surface area (Å²) in [5.74, 6) is 6.14. The van der Waals surface area contributed by atoms with E-state index in [2.05, 4.69) is 22.1 Å². The largest absolute Gasteiger partial charge is 0.480 e. The molecule has 0 unspecified atom stereocenters. The van der Waals surface area contributed by atoms with Crippen molar-refractivity contribution in [3.63, 3.8) is 0 Å². The predicted octanol–water partition coefficient (Wildman–Crippen LogP) is 3.48. The standard InChI is InChI=1S/C24H22ClFN4O3S/c25-18-11-15(26)4-6-16(18)21-17(5-3-14-1-2-14)19(28-22(29-21)23-27-7-10-34-23)12-30-8-9-33-13-20(30)24(31)32/h4,6-7,10-11,14,20-21H,1-2,8-9,12-13H2,(H,28,29)(H,31,32)/t20-,21+/m0/s1. The van der Waals surface area contributed by atoms with Gasteiger partial charge in [0.25, 0.3) is 0 Å². The SMILES string of the molecule is O=C(O)[C@@H]1COCCN1CC1=C(C#CC2CC2)[C@@H](c2ccc(F)cc2Cl)N=C(c2nccs2)N1. The summed E-state index contributed by atoms with van der Waals surface area (Å²) in [6.07, 6.45) is 3.81. The molecule has 5 rings (SSSR count). The highest BCUT2D eigenvalue weighted by Gasteiger charge is 2.34. The normalized spacial score (nSPS) is 23.1. The van der Waals surface area contributed by atoms with Gasteiger partial charge in [0, 0.05) is 46.9 Å². The first-order valence-corrected chi connectivity index (χ1v) is 12.2. The highest BCUT2D eigenvalue weighted by molar-refractivity contribution is 7.11. The van der Waals surface area contributed by atoms with Crippen molar-refractivity contribution >= 4 is 34.7 Å². The van der Waals surface area contributed by atoms with Gasteiger partial charge in [-0.15, -0.1) is 11.3 Å². The lowest BCUT2D eigenvalue weighted by atomic mass is 9.95. The summed E-state index contributed by atoms with van der Waals surface area (Å²) in [6, 6.07) is 2.91. The predicted molar refractivity (Wildman–Crippen MR) is 127 cm³/mol. The molecule has 0 bridgehead atoms. The number of carboxylic acids is 1. The van der Waals surface area contributed by atoms with Crippen molar-refractivity contribution < 1.29 is 19.0 Å². The van der Waals surface area contributed by atoms with E-state index in [0.717, 1.165) is 18.5 Å². The van der Waals surface area contributed by atoms with Crippen LogP contribution in [0.4, 0.5) is 4.39 Å². The van der Waals surface area contributed by atoms with E-state index in [1.807, 2.05) is 10.3 Å². The maximum Gasteiger partial charge on any atom is 0.323 e. The van der Waals surface area contributed by atoms with Crippen molar-refractivity contribution in [1.82, 2.24) is 15.2 Å². The van der Waals surface area contributed by atoms with Crippen LogP contribution in [-0.2, 0) is 9.53 Å². The molecule has 2 fully saturated rings. The molecule has 2 aliphatic heterocycles. The molecule has 0 spiro atoms. The minimum Gasteiger partial charge on any atom is -0.480 e. The topological polar surface area (TPSA) is 87.1 Å². The Balaban J connectivity index is 1.60. The van der Waals surface area contributed by atoms with Crippen LogP contribution in [0.3, 0.4) is 0 Å². The Morgan fingerprint density at radius 1 is 1.41 bits per heavy atom. The Morgan fingerprint density at radius 2 is 2.26 bits per heavy atom. The first kappa shape index (κ1) is 23.0. The van der Waals surface area contributed by atoms with Crippen LogP contribution in [0, 0.1) is 23.6 Å². The molecule has 1 aliphatic carbocycles. The number of aliphatic imine (C=N–C) groups is 1. The molecule has 2 atom stereocenters. The van der Waals surface area contributed by atoms with E-state index < -0.39 is 23.9 Å². The van der Waals surface area contributed by atoms with E-state index in [9.17, 15) is 14.3 Å². The van der Waals surface area contributed by atoms with Gasteiger partial charge < -0.3 is 15.2 Å². The van der Waals surface area contributed by atoms with E-state index in [1.54, 1.807) is 12.3 Å². The number of nitrogens with one attached hydrogen (secondary N) is 1. The Bertz CT molecular complexity index is 1220. The second-order valence-electron chi connectivity index (χ2n) is 8.34. The molecule has 3 heterocycles. The van der Waals surface area contributed by atoms with Gasteiger partial charge in [0.2, 0.25) is 0 Å². The molecule has 1 aromatic carbocycles. The maximum atomic E-state index is 13.8. The number of morpholine rings is 1. The van der Waals surface area contributed by atoms with Crippen molar-refractivity contribution in [3.8, 4) is 11.8 Å². The smallest absolute Gasteiger partial charge is 0.323 e. The summed E-state index contributed by atoms with van der Waals surface area (Å²) >= 11 is 7.89.